The molecule has 0 bridgehead atoms. The second kappa shape index (κ2) is 11.5. The van der Waals surface area contributed by atoms with E-state index in [1.54, 1.807) is 12.4 Å². The molecule has 0 saturated carbocycles. The highest BCUT2D eigenvalue weighted by atomic mass is 31.3. The number of rotatable bonds is 4. The molecule has 0 radical (unpaired) electrons. The van der Waals surface area contributed by atoms with Gasteiger partial charge in [-0.1, -0.05) is 97.1 Å². The molecule has 10 rings (SSSR count). The van der Waals surface area contributed by atoms with Crippen LogP contribution in [-0.2, 0) is 9.05 Å². The van der Waals surface area contributed by atoms with Crippen LogP contribution < -0.4 is 18.4 Å². The summed E-state index contributed by atoms with van der Waals surface area (Å²) in [7, 11) is -10.7. The molecule has 4 atom stereocenters. The summed E-state index contributed by atoms with van der Waals surface area (Å²) in [4.78, 5) is 9.56. The number of para-hydroxylation sites is 4. The van der Waals surface area contributed by atoms with Crippen molar-refractivity contribution in [2.45, 2.75) is 12.2 Å². The van der Waals surface area contributed by atoms with Crippen molar-refractivity contribution in [3.63, 3.8) is 0 Å². The SMILES string of the molecule is c1ccc([C@H]2OP3(=N[P@@]4(=N[P@]5(=N3)Oc3ccccc3N5c3ccccn3)Oc3ccccc3N4c3ccccn3)O[C@@H]2c2ccccc2)cc1. The Morgan fingerprint density at radius 3 is 1.36 bits per heavy atom. The minimum Gasteiger partial charge on any atom is -0.424 e. The number of nitrogens with zero attached hydrogens (tertiary/aromatic N) is 7. The van der Waals surface area contributed by atoms with Crippen molar-refractivity contribution in [3.05, 3.63) is 169 Å². The lowest BCUT2D eigenvalue weighted by molar-refractivity contribution is 0.159. The lowest BCUT2D eigenvalue weighted by atomic mass is 9.99. The first-order valence-corrected chi connectivity index (χ1v) is 20.7. The number of hydrogen-bond acceptors (Lipinski definition) is 11. The summed E-state index contributed by atoms with van der Waals surface area (Å²) < 4.78 is 48.9. The number of pyridine rings is 2. The standard InChI is InChI=1S/C36H28N7O4P3/c1-3-15-27(16-4-1)35-36(28-17-5-2-6-18-28)47-50(46-35)40-48(42(33-23-11-13-25-37-33)29-19-7-9-21-31(29)44-48)39-49(41-50)43(34-24-12-14-26-38-34)30-20-8-10-22-32(30)45-49/h1-26,35-36H/t35-,36-,48-,49-/m1/s1. The van der Waals surface area contributed by atoms with Crippen LogP contribution in [-0.4, -0.2) is 9.97 Å². The molecule has 4 aliphatic heterocycles. The second-order valence-corrected chi connectivity index (χ2v) is 18.5. The smallest absolute Gasteiger partial charge is 0.370 e. The van der Waals surface area contributed by atoms with Gasteiger partial charge in [-0.3, -0.25) is 9.05 Å². The topological polar surface area (TPSA) is 106 Å². The zero-order valence-electron chi connectivity index (χ0n) is 26.3. The summed E-state index contributed by atoms with van der Waals surface area (Å²) in [6.45, 7) is 0. The molecule has 14 heteroatoms. The van der Waals surface area contributed by atoms with E-state index in [-0.39, 0.29) is 0 Å². The van der Waals surface area contributed by atoms with Gasteiger partial charge in [0.15, 0.2) is 11.5 Å². The maximum absolute atomic E-state index is 7.18. The van der Waals surface area contributed by atoms with Crippen molar-refractivity contribution in [2.24, 2.45) is 13.5 Å². The minimum absolute atomic E-state index is 0.529. The van der Waals surface area contributed by atoms with E-state index in [0.29, 0.717) is 23.1 Å². The molecule has 0 N–H and O–H groups in total. The van der Waals surface area contributed by atoms with Crippen LogP contribution in [0.4, 0.5) is 23.0 Å². The third kappa shape index (κ3) is 4.70. The molecule has 2 aromatic heterocycles. The van der Waals surface area contributed by atoms with Crippen LogP contribution in [0, 0.1) is 0 Å². The number of anilines is 4. The summed E-state index contributed by atoms with van der Waals surface area (Å²) in [6.07, 6.45) is 2.44. The van der Waals surface area contributed by atoms with Crippen LogP contribution in [0.2, 0.25) is 0 Å². The van der Waals surface area contributed by atoms with Crippen LogP contribution in [0.15, 0.2) is 172 Å². The van der Waals surface area contributed by atoms with E-state index in [2.05, 4.69) is 0 Å². The molecule has 1 fully saturated rings. The maximum Gasteiger partial charge on any atom is 0.370 e. The fourth-order valence-corrected chi connectivity index (χ4v) is 17.8. The van der Waals surface area contributed by atoms with Crippen molar-refractivity contribution in [3.8, 4) is 11.5 Å². The first kappa shape index (κ1) is 29.9. The highest BCUT2D eigenvalue weighted by Crippen LogP contribution is 2.88. The normalized spacial score (nSPS) is 25.3. The van der Waals surface area contributed by atoms with Crippen molar-refractivity contribution < 1.29 is 18.1 Å². The Balaban J connectivity index is 1.29. The van der Waals surface area contributed by atoms with Gasteiger partial charge >= 0.3 is 22.8 Å². The highest BCUT2D eigenvalue weighted by molar-refractivity contribution is 7.83. The minimum atomic E-state index is -3.62. The van der Waals surface area contributed by atoms with E-state index in [0.717, 1.165) is 22.5 Å². The molecule has 4 aliphatic rings. The number of aromatic nitrogens is 2. The van der Waals surface area contributed by atoms with E-state index in [4.69, 9.17) is 41.6 Å². The van der Waals surface area contributed by atoms with Crippen LogP contribution >= 0.6 is 22.8 Å². The Morgan fingerprint density at radius 1 is 0.440 bits per heavy atom. The van der Waals surface area contributed by atoms with Gasteiger partial charge in [0.1, 0.15) is 23.8 Å². The Labute approximate surface area is 288 Å². The van der Waals surface area contributed by atoms with Gasteiger partial charge in [-0.25, -0.2) is 19.3 Å². The van der Waals surface area contributed by atoms with Crippen LogP contribution in [0.3, 0.4) is 0 Å². The molecule has 0 amide bonds. The molecule has 0 aliphatic carbocycles. The monoisotopic (exact) mass is 715 g/mol. The summed E-state index contributed by atoms with van der Waals surface area (Å²) in [5, 5.41) is 0. The summed E-state index contributed by atoms with van der Waals surface area (Å²) in [5.41, 5.74) is 3.45. The van der Waals surface area contributed by atoms with Crippen molar-refractivity contribution in [1.29, 1.82) is 0 Å². The molecular weight excluding hydrogens is 687 g/mol. The molecule has 3 spiro atoms. The van der Waals surface area contributed by atoms with Gasteiger partial charge in [-0.2, -0.15) is 0 Å². The van der Waals surface area contributed by atoms with Crippen LogP contribution in [0.5, 0.6) is 11.5 Å². The van der Waals surface area contributed by atoms with Crippen LogP contribution in [0.25, 0.3) is 0 Å². The average Bonchev–Trinajstić information content (AvgIpc) is 3.78. The van der Waals surface area contributed by atoms with Gasteiger partial charge in [0, 0.05) is 12.4 Å². The Bertz CT molecular complexity index is 2270. The Kier molecular flexibility index (Phi) is 6.88. The first-order chi connectivity index (χ1) is 24.6. The number of benzene rings is 4. The molecule has 6 aromatic rings. The fraction of sp³-hybridized carbons (Fsp3) is 0.0556. The quantitative estimate of drug-likeness (QED) is 0.166. The molecular formula is C36H28N7O4P3. The van der Waals surface area contributed by atoms with Gasteiger partial charge in [-0.05, 0) is 59.7 Å². The zero-order valence-corrected chi connectivity index (χ0v) is 29.0. The molecule has 6 heterocycles. The van der Waals surface area contributed by atoms with E-state index >= 15 is 0 Å². The van der Waals surface area contributed by atoms with Gasteiger partial charge in [-0.15, -0.1) is 13.5 Å². The second-order valence-electron chi connectivity index (χ2n) is 11.8. The first-order valence-electron chi connectivity index (χ1n) is 16.0. The highest BCUT2D eigenvalue weighted by Gasteiger charge is 2.58. The number of hydrogen-bond donors (Lipinski definition) is 0. The van der Waals surface area contributed by atoms with Gasteiger partial charge in [0.25, 0.3) is 0 Å². The average molecular weight is 716 g/mol. The van der Waals surface area contributed by atoms with Crippen molar-refractivity contribution in [1.82, 2.24) is 9.97 Å². The lowest BCUT2D eigenvalue weighted by Crippen LogP contribution is -2.16. The van der Waals surface area contributed by atoms with Crippen molar-refractivity contribution >= 4 is 45.8 Å². The van der Waals surface area contributed by atoms with E-state index in [9.17, 15) is 0 Å². The molecule has 11 nitrogen and oxygen atoms in total. The third-order valence-electron chi connectivity index (χ3n) is 8.61. The Hall–Kier alpha value is -5.01. The largest absolute Gasteiger partial charge is 0.424 e. The summed E-state index contributed by atoms with van der Waals surface area (Å²) >= 11 is 0. The molecule has 1 saturated heterocycles. The molecule has 0 unspecified atom stereocenters. The van der Waals surface area contributed by atoms with Gasteiger partial charge in [0.2, 0.25) is 0 Å². The van der Waals surface area contributed by atoms with Gasteiger partial charge in [0.05, 0.1) is 11.4 Å². The lowest BCUT2D eigenvalue weighted by Gasteiger charge is -2.34. The summed E-state index contributed by atoms with van der Waals surface area (Å²) in [5.74, 6) is 2.49. The third-order valence-corrected chi connectivity index (χ3v) is 17.9. The molecule has 50 heavy (non-hydrogen) atoms. The number of fused-ring (bicyclic) bond motifs is 2. The van der Waals surface area contributed by atoms with E-state index in [1.165, 1.54) is 0 Å². The van der Waals surface area contributed by atoms with E-state index in [1.807, 2.05) is 155 Å². The van der Waals surface area contributed by atoms with E-state index < -0.39 is 35.0 Å². The van der Waals surface area contributed by atoms with Crippen molar-refractivity contribution in [2.75, 3.05) is 9.34 Å². The maximum atomic E-state index is 7.18. The molecule has 4 aromatic carbocycles. The van der Waals surface area contributed by atoms with Gasteiger partial charge < -0.3 is 9.05 Å². The fourth-order valence-electron chi connectivity index (χ4n) is 6.52. The summed E-state index contributed by atoms with van der Waals surface area (Å²) in [6, 6.07) is 47.2. The zero-order chi connectivity index (χ0) is 33.2. The Morgan fingerprint density at radius 2 is 0.880 bits per heavy atom. The predicted molar refractivity (Wildman–Crippen MR) is 195 cm³/mol. The predicted octanol–water partition coefficient (Wildman–Crippen LogP) is 11.6. The molecule has 246 valence electrons. The van der Waals surface area contributed by atoms with Crippen LogP contribution in [0.1, 0.15) is 23.3 Å².